The lowest BCUT2D eigenvalue weighted by atomic mass is 10.1. The van der Waals surface area contributed by atoms with E-state index in [0.29, 0.717) is 23.9 Å². The van der Waals surface area contributed by atoms with Gasteiger partial charge < -0.3 is 70.1 Å². The van der Waals surface area contributed by atoms with Gasteiger partial charge in [0, 0.05) is 0 Å². The van der Waals surface area contributed by atoms with Crippen molar-refractivity contribution in [1.82, 2.24) is 10.6 Å². The molecule has 0 radical (unpaired) electrons. The van der Waals surface area contributed by atoms with E-state index >= 15 is 0 Å². The molecule has 8 N–H and O–H groups in total. The van der Waals surface area contributed by atoms with Gasteiger partial charge in [0.1, 0.15) is 50.8 Å². The maximum atomic E-state index is 13.9. The number of carbonyl (C=O) groups is 8. The van der Waals surface area contributed by atoms with Crippen molar-refractivity contribution in [2.24, 2.45) is 0 Å². The predicted molar refractivity (Wildman–Crippen MR) is 233 cm³/mol. The van der Waals surface area contributed by atoms with E-state index in [1.165, 1.54) is 36.4 Å². The molecule has 68 heavy (non-hydrogen) atoms. The van der Waals surface area contributed by atoms with Gasteiger partial charge in [-0.3, -0.25) is 19.2 Å². The summed E-state index contributed by atoms with van der Waals surface area (Å²) in [5.74, 6) is -8.38. The van der Waals surface area contributed by atoms with E-state index in [0.717, 1.165) is 13.8 Å². The highest BCUT2D eigenvalue weighted by molar-refractivity contribution is 6.02. The molecule has 1 heterocycles. The van der Waals surface area contributed by atoms with Crippen molar-refractivity contribution in [3.8, 4) is 11.5 Å². The van der Waals surface area contributed by atoms with E-state index in [9.17, 15) is 58.8 Å². The van der Waals surface area contributed by atoms with Crippen LogP contribution in [0.2, 0.25) is 0 Å². The van der Waals surface area contributed by atoms with Gasteiger partial charge in [-0.15, -0.1) is 0 Å². The number of ether oxygens (including phenoxy) is 6. The van der Waals surface area contributed by atoms with Crippen molar-refractivity contribution in [3.05, 3.63) is 119 Å². The molecule has 4 aromatic carbocycles. The highest BCUT2D eigenvalue weighted by Crippen LogP contribution is 2.31. The molecule has 0 aromatic heterocycles. The second-order valence-corrected chi connectivity index (χ2v) is 14.9. The Bertz CT molecular complexity index is 2250. The van der Waals surface area contributed by atoms with Crippen LogP contribution in [0.25, 0.3) is 0 Å². The number of carbonyl (C=O) groups excluding carboxylic acids is 8. The van der Waals surface area contributed by atoms with E-state index in [1.807, 2.05) is 0 Å². The summed E-state index contributed by atoms with van der Waals surface area (Å²) in [6, 6.07) is 21.7. The zero-order valence-corrected chi connectivity index (χ0v) is 36.3. The molecule has 4 aromatic rings. The third kappa shape index (κ3) is 13.6. The van der Waals surface area contributed by atoms with Crippen molar-refractivity contribution < 1.29 is 87.2 Å². The summed E-state index contributed by atoms with van der Waals surface area (Å²) in [7, 11) is 0. The number of aliphatic hydroxyl groups is 4. The molecule has 360 valence electrons. The van der Waals surface area contributed by atoms with Crippen LogP contribution in [0.3, 0.4) is 0 Å². The molecule has 0 spiro atoms. The summed E-state index contributed by atoms with van der Waals surface area (Å²) in [5, 5.41) is 52.5. The van der Waals surface area contributed by atoms with Crippen LogP contribution < -0.4 is 30.7 Å². The number of nitrogens with one attached hydrogen (secondary N) is 4. The number of cyclic esters (lactones) is 4. The fraction of sp³-hybridized carbons (Fsp3) is 0.304. The van der Waals surface area contributed by atoms with Crippen LogP contribution in [0.15, 0.2) is 97.1 Å². The van der Waals surface area contributed by atoms with Crippen molar-refractivity contribution in [2.45, 2.75) is 75.8 Å². The minimum absolute atomic E-state index is 0.0526. The number of anilines is 2. The number of aliphatic hydroxyl groups excluding tert-OH is 4. The number of para-hydroxylation sites is 2. The van der Waals surface area contributed by atoms with E-state index < -0.39 is 97.6 Å². The Labute approximate surface area is 387 Å². The Morgan fingerprint density at radius 1 is 0.559 bits per heavy atom. The molecule has 1 aliphatic rings. The van der Waals surface area contributed by atoms with Gasteiger partial charge in [0.15, 0.2) is 35.8 Å². The van der Waals surface area contributed by atoms with Crippen LogP contribution in [-0.2, 0) is 60.9 Å². The summed E-state index contributed by atoms with van der Waals surface area (Å²) in [6.07, 6.45) is -12.2. The molecule has 5 rings (SSSR count). The minimum atomic E-state index is -2.47. The number of hydrogen-bond donors (Lipinski definition) is 8. The maximum absolute atomic E-state index is 13.9. The Hall–Kier alpha value is -7.92. The number of esters is 4. The number of rotatable bonds is 14. The molecule has 1 aliphatic heterocycles. The summed E-state index contributed by atoms with van der Waals surface area (Å²) < 4.78 is 32.6. The molecule has 0 unspecified atom stereocenters. The predicted octanol–water partition coefficient (Wildman–Crippen LogP) is 0.285. The lowest BCUT2D eigenvalue weighted by Crippen LogP contribution is -2.53. The van der Waals surface area contributed by atoms with E-state index in [2.05, 4.69) is 21.3 Å². The molecule has 0 bridgehead atoms. The first-order valence-corrected chi connectivity index (χ1v) is 20.7. The van der Waals surface area contributed by atoms with Crippen LogP contribution in [0, 0.1) is 0 Å². The first-order chi connectivity index (χ1) is 32.6. The molecule has 1 fully saturated rings. The van der Waals surface area contributed by atoms with Gasteiger partial charge >= 0.3 is 23.9 Å². The first kappa shape index (κ1) is 51.1. The molecule has 1 saturated heterocycles. The molecular weight excluding hydrogens is 897 g/mol. The van der Waals surface area contributed by atoms with Crippen molar-refractivity contribution in [1.29, 1.82) is 0 Å². The highest BCUT2D eigenvalue weighted by atomic mass is 16.6. The van der Waals surface area contributed by atoms with Gasteiger partial charge in [-0.1, -0.05) is 72.8 Å². The average Bonchev–Trinajstić information content (AvgIpc) is 3.34. The zero-order valence-electron chi connectivity index (χ0n) is 36.3. The normalized spacial score (nSPS) is 22.8. The molecule has 8 atom stereocenters. The molecule has 22 nitrogen and oxygen atoms in total. The van der Waals surface area contributed by atoms with Crippen LogP contribution in [0.1, 0.15) is 45.7 Å². The zero-order chi connectivity index (χ0) is 49.3. The molecule has 0 aliphatic carbocycles. The Balaban J connectivity index is 1.38. The lowest BCUT2D eigenvalue weighted by molar-refractivity contribution is -0.180. The molecule has 22 heteroatoms. The minimum Gasteiger partial charge on any atom is -0.486 e. The standard InChI is InChI=1S/C46H48N4O18/c1-25-35(49-41(57)29-15-9-17-31(47-23-51)39(29)63-19-27-11-5-3-6-12-27)43(59)65-21-34(54)38(56)46(62)68-26(2)36(44(60)66-22-33(53)37(55)45(61)67-25)50-42(58)30-16-10-18-32(48-24-52)40(30)64-20-28-13-7-4-8-14-28/h3-18,23-26,33-38,53-56H,19-22H2,1-2H3,(H,47,51)(H,48,52)(H,49,57)(H,50,58)/t25-,26-,33+,34+,35+,36+,37-,38-/m1/s1. The van der Waals surface area contributed by atoms with Gasteiger partial charge in [-0.2, -0.15) is 0 Å². The first-order valence-electron chi connectivity index (χ1n) is 20.7. The summed E-state index contributed by atoms with van der Waals surface area (Å²) in [6.45, 7) is -0.293. The Kier molecular flexibility index (Phi) is 18.4. The van der Waals surface area contributed by atoms with Crippen molar-refractivity contribution >= 4 is 59.9 Å². The third-order valence-corrected chi connectivity index (χ3v) is 10.0. The fourth-order valence-electron chi connectivity index (χ4n) is 6.38. The number of amides is 4. The SMILES string of the molecule is C[C@H]1OC(=O)[C@H](O)[C@@H](O)COC(=O)[C@@H](NC(=O)c2cccc(NC=O)c2OCc2ccccc2)[C@@H](C)OC(=O)[C@H](O)[C@@H](O)COC(=O)[C@H]1NC(=O)c1cccc(NC=O)c1OCc1ccccc1. The van der Waals surface area contributed by atoms with E-state index in [1.54, 1.807) is 60.7 Å². The van der Waals surface area contributed by atoms with Gasteiger partial charge in [-0.25, -0.2) is 19.2 Å². The fourth-order valence-corrected chi connectivity index (χ4v) is 6.38. The quantitative estimate of drug-likeness (QED) is 0.0478. The third-order valence-electron chi connectivity index (χ3n) is 10.0. The Morgan fingerprint density at radius 2 is 0.926 bits per heavy atom. The van der Waals surface area contributed by atoms with Crippen LogP contribution in [0.5, 0.6) is 11.5 Å². The van der Waals surface area contributed by atoms with E-state index in [-0.39, 0.29) is 47.2 Å². The number of benzene rings is 4. The summed E-state index contributed by atoms with van der Waals surface area (Å²) in [5.41, 5.74) is 0.991. The average molecular weight is 945 g/mol. The number of hydrogen-bond acceptors (Lipinski definition) is 18. The van der Waals surface area contributed by atoms with Crippen molar-refractivity contribution in [2.75, 3.05) is 23.8 Å². The van der Waals surface area contributed by atoms with Crippen molar-refractivity contribution in [3.63, 3.8) is 0 Å². The Morgan fingerprint density at radius 3 is 1.28 bits per heavy atom. The molecule has 0 saturated carbocycles. The van der Waals surface area contributed by atoms with Gasteiger partial charge in [0.05, 0.1) is 22.5 Å². The van der Waals surface area contributed by atoms with Gasteiger partial charge in [-0.05, 0) is 49.2 Å². The summed E-state index contributed by atoms with van der Waals surface area (Å²) in [4.78, 5) is 104. The molecule has 4 amide bonds. The maximum Gasteiger partial charge on any atom is 0.338 e. The monoisotopic (exact) mass is 944 g/mol. The topological polar surface area (TPSA) is 321 Å². The summed E-state index contributed by atoms with van der Waals surface area (Å²) >= 11 is 0. The second kappa shape index (κ2) is 24.6. The lowest BCUT2D eigenvalue weighted by Gasteiger charge is -2.28. The second-order valence-electron chi connectivity index (χ2n) is 14.9. The smallest absolute Gasteiger partial charge is 0.338 e. The van der Waals surface area contributed by atoms with Gasteiger partial charge in [0.2, 0.25) is 12.8 Å². The molecular formula is C46H48N4O18. The van der Waals surface area contributed by atoms with Crippen LogP contribution >= 0.6 is 0 Å². The van der Waals surface area contributed by atoms with E-state index in [4.69, 9.17) is 28.4 Å². The largest absolute Gasteiger partial charge is 0.486 e. The highest BCUT2D eigenvalue weighted by Gasteiger charge is 2.40. The van der Waals surface area contributed by atoms with Crippen LogP contribution in [0.4, 0.5) is 11.4 Å². The van der Waals surface area contributed by atoms with Gasteiger partial charge in [0.25, 0.3) is 11.8 Å². The van der Waals surface area contributed by atoms with Crippen LogP contribution in [-0.4, -0.2) is 131 Å².